The van der Waals surface area contributed by atoms with E-state index >= 15 is 0 Å². The van der Waals surface area contributed by atoms with E-state index in [4.69, 9.17) is 33.8 Å². The van der Waals surface area contributed by atoms with Gasteiger partial charge >= 0.3 is 0 Å². The van der Waals surface area contributed by atoms with Crippen molar-refractivity contribution in [2.75, 3.05) is 17.9 Å². The Morgan fingerprint density at radius 2 is 1.79 bits per heavy atom. The topological polar surface area (TPSA) is 85.1 Å². The van der Waals surface area contributed by atoms with Crippen LogP contribution in [0.25, 0.3) is 0 Å². The lowest BCUT2D eigenvalue weighted by Crippen LogP contribution is -2.11. The van der Waals surface area contributed by atoms with Crippen molar-refractivity contribution in [3.05, 3.63) is 34.6 Å². The molecule has 0 saturated carbocycles. The van der Waals surface area contributed by atoms with Crippen LogP contribution in [-0.4, -0.2) is 17.1 Å². The number of nitrogen functional groups attached to an aromatic ring is 1. The summed E-state index contributed by atoms with van der Waals surface area (Å²) in [7, 11) is 1.49. The van der Waals surface area contributed by atoms with E-state index < -0.39 is 0 Å². The standard InChI is InChI=1S/C11H11Cl2N5O/c1-19-9-10(15-5-16-11(9)18-14)17-8-6(12)3-2-4-7(8)13/h2-5H,14H2,1H3,(H2,15,16,17,18). The van der Waals surface area contributed by atoms with E-state index in [-0.39, 0.29) is 0 Å². The van der Waals surface area contributed by atoms with Crippen LogP contribution in [0.1, 0.15) is 0 Å². The van der Waals surface area contributed by atoms with Gasteiger partial charge in [0.2, 0.25) is 5.75 Å². The third kappa shape index (κ3) is 2.81. The summed E-state index contributed by atoms with van der Waals surface area (Å²) in [6, 6.07) is 5.18. The molecule has 19 heavy (non-hydrogen) atoms. The molecule has 2 aromatic rings. The molecule has 0 spiro atoms. The van der Waals surface area contributed by atoms with Crippen LogP contribution in [0.4, 0.5) is 17.3 Å². The van der Waals surface area contributed by atoms with Gasteiger partial charge in [0.05, 0.1) is 22.8 Å². The number of hydrazine groups is 1. The van der Waals surface area contributed by atoms with Crippen LogP contribution in [0.3, 0.4) is 0 Å². The normalized spacial score (nSPS) is 10.1. The van der Waals surface area contributed by atoms with Gasteiger partial charge in [0, 0.05) is 0 Å². The van der Waals surface area contributed by atoms with E-state index in [0.29, 0.717) is 33.1 Å². The Morgan fingerprint density at radius 1 is 1.16 bits per heavy atom. The molecule has 6 nitrogen and oxygen atoms in total. The predicted octanol–water partition coefficient (Wildman–Crippen LogP) is 2.82. The van der Waals surface area contributed by atoms with Gasteiger partial charge in [0.15, 0.2) is 11.6 Å². The summed E-state index contributed by atoms with van der Waals surface area (Å²) in [6.45, 7) is 0. The predicted molar refractivity (Wildman–Crippen MR) is 76.1 cm³/mol. The molecular weight excluding hydrogens is 289 g/mol. The average Bonchev–Trinajstić information content (AvgIpc) is 2.42. The first-order valence-corrected chi connectivity index (χ1v) is 5.99. The summed E-state index contributed by atoms with van der Waals surface area (Å²) in [5.74, 6) is 6.46. The van der Waals surface area contributed by atoms with Crippen molar-refractivity contribution < 1.29 is 4.74 Å². The molecule has 4 N–H and O–H groups in total. The average molecular weight is 300 g/mol. The second-order valence-corrected chi connectivity index (χ2v) is 4.28. The largest absolute Gasteiger partial charge is 0.490 e. The number of benzene rings is 1. The molecule has 0 aliphatic carbocycles. The van der Waals surface area contributed by atoms with Gasteiger partial charge in [-0.2, -0.15) is 0 Å². The van der Waals surface area contributed by atoms with Crippen LogP contribution >= 0.6 is 23.2 Å². The number of nitrogens with two attached hydrogens (primary N) is 1. The van der Waals surface area contributed by atoms with Crippen LogP contribution in [0.15, 0.2) is 24.5 Å². The van der Waals surface area contributed by atoms with Gasteiger partial charge in [0.25, 0.3) is 0 Å². The fourth-order valence-corrected chi connectivity index (χ4v) is 1.99. The van der Waals surface area contributed by atoms with E-state index in [1.165, 1.54) is 13.4 Å². The number of nitrogens with one attached hydrogen (secondary N) is 2. The Hall–Kier alpha value is -1.76. The minimum absolute atomic E-state index is 0.350. The summed E-state index contributed by atoms with van der Waals surface area (Å²) in [5, 5.41) is 3.94. The van der Waals surface area contributed by atoms with Crippen molar-refractivity contribution in [1.29, 1.82) is 0 Å². The number of halogens is 2. The lowest BCUT2D eigenvalue weighted by Gasteiger charge is -2.14. The van der Waals surface area contributed by atoms with Gasteiger partial charge in [-0.3, -0.25) is 0 Å². The Balaban J connectivity index is 2.44. The summed E-state index contributed by atoms with van der Waals surface area (Å²) < 4.78 is 5.20. The first kappa shape index (κ1) is 13.7. The molecule has 0 aliphatic rings. The van der Waals surface area contributed by atoms with Crippen molar-refractivity contribution in [2.45, 2.75) is 0 Å². The Bertz CT molecular complexity index is 573. The number of ether oxygens (including phenoxy) is 1. The smallest absolute Gasteiger partial charge is 0.205 e. The Kier molecular flexibility index (Phi) is 4.26. The number of nitrogens with zero attached hydrogens (tertiary/aromatic N) is 2. The number of hydrogen-bond donors (Lipinski definition) is 3. The molecule has 0 aliphatic heterocycles. The molecule has 1 heterocycles. The lowest BCUT2D eigenvalue weighted by atomic mass is 10.3. The van der Waals surface area contributed by atoms with Crippen molar-refractivity contribution >= 4 is 40.5 Å². The van der Waals surface area contributed by atoms with E-state index in [1.54, 1.807) is 18.2 Å². The molecule has 1 aromatic carbocycles. The quantitative estimate of drug-likeness (QED) is 0.594. The van der Waals surface area contributed by atoms with Crippen molar-refractivity contribution in [2.24, 2.45) is 5.84 Å². The van der Waals surface area contributed by atoms with Crippen LogP contribution in [-0.2, 0) is 0 Å². The third-order valence-corrected chi connectivity index (χ3v) is 2.98. The third-order valence-electron chi connectivity index (χ3n) is 2.35. The highest BCUT2D eigenvalue weighted by Gasteiger charge is 2.14. The molecule has 0 radical (unpaired) electrons. The maximum absolute atomic E-state index is 6.08. The molecule has 0 saturated heterocycles. The van der Waals surface area contributed by atoms with Gasteiger partial charge in [-0.1, -0.05) is 29.3 Å². The van der Waals surface area contributed by atoms with Crippen molar-refractivity contribution in [1.82, 2.24) is 9.97 Å². The maximum Gasteiger partial charge on any atom is 0.205 e. The molecule has 0 unspecified atom stereocenters. The second-order valence-electron chi connectivity index (χ2n) is 3.47. The monoisotopic (exact) mass is 299 g/mol. The summed E-state index contributed by atoms with van der Waals surface area (Å²) >= 11 is 12.2. The van der Waals surface area contributed by atoms with Crippen LogP contribution in [0.5, 0.6) is 5.75 Å². The van der Waals surface area contributed by atoms with Crippen LogP contribution in [0, 0.1) is 0 Å². The maximum atomic E-state index is 6.08. The van der Waals surface area contributed by atoms with Gasteiger partial charge in [-0.05, 0) is 12.1 Å². The minimum Gasteiger partial charge on any atom is -0.490 e. The van der Waals surface area contributed by atoms with Crippen LogP contribution in [0.2, 0.25) is 10.0 Å². The second kappa shape index (κ2) is 5.92. The zero-order valence-corrected chi connectivity index (χ0v) is 11.5. The highest BCUT2D eigenvalue weighted by atomic mass is 35.5. The first-order valence-electron chi connectivity index (χ1n) is 5.24. The molecule has 0 fully saturated rings. The lowest BCUT2D eigenvalue weighted by molar-refractivity contribution is 0.415. The zero-order chi connectivity index (χ0) is 13.8. The number of hydrogen-bond acceptors (Lipinski definition) is 6. The van der Waals surface area contributed by atoms with Gasteiger partial charge in [0.1, 0.15) is 6.33 Å². The minimum atomic E-state index is 0.350. The van der Waals surface area contributed by atoms with Gasteiger partial charge in [-0.25, -0.2) is 15.8 Å². The molecular formula is C11H11Cl2N5O. The van der Waals surface area contributed by atoms with E-state index in [0.717, 1.165) is 0 Å². The molecule has 0 amide bonds. The van der Waals surface area contributed by atoms with Crippen LogP contribution < -0.4 is 21.3 Å². The zero-order valence-electron chi connectivity index (χ0n) is 9.95. The molecule has 8 heteroatoms. The number of anilines is 3. The highest BCUT2D eigenvalue weighted by molar-refractivity contribution is 6.39. The highest BCUT2D eigenvalue weighted by Crippen LogP contribution is 2.36. The summed E-state index contributed by atoms with van der Waals surface area (Å²) in [4.78, 5) is 8.01. The SMILES string of the molecule is COc1c(NN)ncnc1Nc1c(Cl)cccc1Cl. The molecule has 0 atom stereocenters. The van der Waals surface area contributed by atoms with Gasteiger partial charge < -0.3 is 15.5 Å². The number of aromatic nitrogens is 2. The Morgan fingerprint density at radius 3 is 2.37 bits per heavy atom. The fraction of sp³-hybridized carbons (Fsp3) is 0.0909. The number of para-hydroxylation sites is 1. The summed E-state index contributed by atoms with van der Waals surface area (Å²) in [6.07, 6.45) is 1.34. The van der Waals surface area contributed by atoms with E-state index in [9.17, 15) is 0 Å². The van der Waals surface area contributed by atoms with Gasteiger partial charge in [-0.15, -0.1) is 0 Å². The number of rotatable bonds is 4. The first-order chi connectivity index (χ1) is 9.17. The van der Waals surface area contributed by atoms with Crippen molar-refractivity contribution in [3.63, 3.8) is 0 Å². The summed E-state index contributed by atoms with van der Waals surface area (Å²) in [5.41, 5.74) is 2.95. The molecule has 100 valence electrons. The van der Waals surface area contributed by atoms with Crippen molar-refractivity contribution in [3.8, 4) is 5.75 Å². The molecule has 1 aromatic heterocycles. The number of methoxy groups -OCH3 is 1. The van der Waals surface area contributed by atoms with E-state index in [1.807, 2.05) is 0 Å². The van der Waals surface area contributed by atoms with E-state index in [2.05, 4.69) is 20.7 Å². The molecule has 0 bridgehead atoms. The molecule has 2 rings (SSSR count). The fourth-order valence-electron chi connectivity index (χ4n) is 1.49. The Labute approximate surface area is 119 Å².